The van der Waals surface area contributed by atoms with Gasteiger partial charge >= 0.3 is 5.97 Å². The van der Waals surface area contributed by atoms with E-state index in [4.69, 9.17) is 4.74 Å². The zero-order valence-corrected chi connectivity index (χ0v) is 14.3. The van der Waals surface area contributed by atoms with Crippen molar-refractivity contribution in [3.63, 3.8) is 0 Å². The highest BCUT2D eigenvalue weighted by atomic mass is 16.5. The van der Waals surface area contributed by atoms with Crippen molar-refractivity contribution in [3.8, 4) is 5.75 Å². The third-order valence-electron chi connectivity index (χ3n) is 4.14. The number of hydrogen-bond donors (Lipinski definition) is 1. The molecule has 0 saturated carbocycles. The highest BCUT2D eigenvalue weighted by molar-refractivity contribution is 5.76. The first-order valence-electron chi connectivity index (χ1n) is 7.59. The summed E-state index contributed by atoms with van der Waals surface area (Å²) < 4.78 is 6.89. The summed E-state index contributed by atoms with van der Waals surface area (Å²) in [5.74, 6) is -0.241. The molecule has 0 fully saturated rings. The number of benzene rings is 1. The molecule has 23 heavy (non-hydrogen) atoms. The Morgan fingerprint density at radius 1 is 1.26 bits per heavy atom. The quantitative estimate of drug-likeness (QED) is 0.920. The SMILES string of the molecule is COc1ccccc1CC(C)(C(=O)O)n1cc(C(C)(C)C)cn1. The van der Waals surface area contributed by atoms with Gasteiger partial charge in [-0.05, 0) is 29.5 Å². The van der Waals surface area contributed by atoms with Crippen molar-refractivity contribution in [2.75, 3.05) is 7.11 Å². The predicted octanol–water partition coefficient (Wildman–Crippen LogP) is 3.23. The maximum Gasteiger partial charge on any atom is 0.331 e. The normalized spacial score (nSPS) is 14.3. The molecule has 1 aromatic heterocycles. The molecule has 2 rings (SSSR count). The predicted molar refractivity (Wildman–Crippen MR) is 88.9 cm³/mol. The summed E-state index contributed by atoms with van der Waals surface area (Å²) in [6, 6.07) is 7.46. The van der Waals surface area contributed by atoms with E-state index >= 15 is 0 Å². The number of rotatable bonds is 5. The van der Waals surface area contributed by atoms with Crippen LogP contribution < -0.4 is 4.74 Å². The highest BCUT2D eigenvalue weighted by Crippen LogP contribution is 2.29. The third-order valence-corrected chi connectivity index (χ3v) is 4.14. The van der Waals surface area contributed by atoms with Gasteiger partial charge in [0.1, 0.15) is 5.75 Å². The van der Waals surface area contributed by atoms with Crippen LogP contribution in [0.15, 0.2) is 36.7 Å². The van der Waals surface area contributed by atoms with Crippen LogP contribution in [0, 0.1) is 0 Å². The van der Waals surface area contributed by atoms with Crippen molar-refractivity contribution in [1.82, 2.24) is 9.78 Å². The first-order valence-corrected chi connectivity index (χ1v) is 7.59. The molecule has 0 radical (unpaired) electrons. The maximum absolute atomic E-state index is 12.0. The van der Waals surface area contributed by atoms with Gasteiger partial charge in [-0.3, -0.25) is 4.68 Å². The number of ether oxygens (including phenoxy) is 1. The third kappa shape index (κ3) is 3.38. The minimum atomic E-state index is -1.18. The minimum absolute atomic E-state index is 0.0812. The number of hydrogen-bond acceptors (Lipinski definition) is 3. The fourth-order valence-corrected chi connectivity index (χ4v) is 2.45. The van der Waals surface area contributed by atoms with Crippen LogP contribution in [0.2, 0.25) is 0 Å². The van der Waals surface area contributed by atoms with E-state index in [0.717, 1.165) is 11.1 Å². The van der Waals surface area contributed by atoms with Crippen molar-refractivity contribution in [1.29, 1.82) is 0 Å². The van der Waals surface area contributed by atoms with Crippen molar-refractivity contribution in [2.45, 2.75) is 45.1 Å². The molecule has 1 heterocycles. The first kappa shape index (κ1) is 17.1. The molecule has 0 aliphatic heterocycles. The number of methoxy groups -OCH3 is 1. The van der Waals surface area contributed by atoms with Gasteiger partial charge in [0.2, 0.25) is 0 Å². The number of aliphatic carboxylic acids is 1. The lowest BCUT2D eigenvalue weighted by molar-refractivity contribution is -0.147. The fourth-order valence-electron chi connectivity index (χ4n) is 2.45. The van der Waals surface area contributed by atoms with Crippen LogP contribution in [0.1, 0.15) is 38.8 Å². The van der Waals surface area contributed by atoms with Gasteiger partial charge in [-0.1, -0.05) is 39.0 Å². The lowest BCUT2D eigenvalue weighted by atomic mass is 9.89. The van der Waals surface area contributed by atoms with Crippen LogP contribution in [0.4, 0.5) is 0 Å². The van der Waals surface area contributed by atoms with Gasteiger partial charge in [-0.2, -0.15) is 5.10 Å². The summed E-state index contributed by atoms with van der Waals surface area (Å²) in [7, 11) is 1.59. The fraction of sp³-hybridized carbons (Fsp3) is 0.444. The Bertz CT molecular complexity index is 700. The maximum atomic E-state index is 12.0. The summed E-state index contributed by atoms with van der Waals surface area (Å²) in [5, 5.41) is 14.1. The van der Waals surface area contributed by atoms with Crippen LogP contribution in [0.5, 0.6) is 5.75 Å². The minimum Gasteiger partial charge on any atom is -0.496 e. The second kappa shape index (κ2) is 6.07. The summed E-state index contributed by atoms with van der Waals surface area (Å²) in [4.78, 5) is 12.0. The Morgan fingerprint density at radius 2 is 1.91 bits per heavy atom. The van der Waals surface area contributed by atoms with Crippen molar-refractivity contribution in [2.24, 2.45) is 0 Å². The second-order valence-electron chi connectivity index (χ2n) is 6.99. The zero-order valence-electron chi connectivity index (χ0n) is 14.3. The van der Waals surface area contributed by atoms with E-state index in [1.165, 1.54) is 0 Å². The highest BCUT2D eigenvalue weighted by Gasteiger charge is 2.37. The Kier molecular flexibility index (Phi) is 4.50. The molecule has 0 spiro atoms. The standard InChI is InChI=1S/C18H24N2O3/c1-17(2,3)14-11-19-20(12-14)18(4,16(21)22)10-13-8-6-7-9-15(13)23-5/h6-9,11-12H,10H2,1-5H3,(H,21,22). The van der Waals surface area contributed by atoms with Crippen molar-refractivity contribution < 1.29 is 14.6 Å². The van der Waals surface area contributed by atoms with Crippen molar-refractivity contribution >= 4 is 5.97 Å². The number of nitrogens with zero attached hydrogens (tertiary/aromatic N) is 2. The van der Waals surface area contributed by atoms with E-state index in [9.17, 15) is 9.90 Å². The van der Waals surface area contributed by atoms with E-state index in [0.29, 0.717) is 5.75 Å². The molecule has 0 aliphatic carbocycles. The molecule has 1 aromatic carbocycles. The van der Waals surface area contributed by atoms with Gasteiger partial charge in [0.05, 0.1) is 13.3 Å². The number of carboxylic acid groups (broad SMARTS) is 1. The van der Waals surface area contributed by atoms with Gasteiger partial charge in [0.15, 0.2) is 5.54 Å². The number of aromatic nitrogens is 2. The lowest BCUT2D eigenvalue weighted by Gasteiger charge is -2.26. The molecule has 0 bridgehead atoms. The molecule has 5 nitrogen and oxygen atoms in total. The molecule has 1 atom stereocenters. The molecule has 1 N–H and O–H groups in total. The smallest absolute Gasteiger partial charge is 0.331 e. The second-order valence-corrected chi connectivity index (χ2v) is 6.99. The van der Waals surface area contributed by atoms with Crippen LogP contribution in [0.3, 0.4) is 0 Å². The average Bonchev–Trinajstić information content (AvgIpc) is 2.98. The summed E-state index contributed by atoms with van der Waals surface area (Å²) in [6.07, 6.45) is 3.85. The van der Waals surface area contributed by atoms with Crippen LogP contribution >= 0.6 is 0 Å². The topological polar surface area (TPSA) is 64.3 Å². The van der Waals surface area contributed by atoms with Crippen LogP contribution in [0.25, 0.3) is 0 Å². The Balaban J connectivity index is 2.44. The van der Waals surface area contributed by atoms with Gasteiger partial charge in [0.25, 0.3) is 0 Å². The van der Waals surface area contributed by atoms with Gasteiger partial charge < -0.3 is 9.84 Å². The molecule has 124 valence electrons. The van der Waals surface area contributed by atoms with Crippen LogP contribution in [-0.2, 0) is 22.2 Å². The van der Waals surface area contributed by atoms with Gasteiger partial charge in [-0.15, -0.1) is 0 Å². The Hall–Kier alpha value is -2.30. The zero-order chi connectivity index (χ0) is 17.3. The molecular weight excluding hydrogens is 292 g/mol. The molecule has 2 aromatic rings. The summed E-state index contributed by atoms with van der Waals surface area (Å²) >= 11 is 0. The van der Waals surface area contributed by atoms with Gasteiger partial charge in [-0.25, -0.2) is 4.79 Å². The number of para-hydroxylation sites is 1. The van der Waals surface area contributed by atoms with E-state index in [-0.39, 0.29) is 11.8 Å². The molecular formula is C18H24N2O3. The molecule has 0 aliphatic rings. The van der Waals surface area contributed by atoms with Crippen LogP contribution in [-0.4, -0.2) is 28.0 Å². The van der Waals surface area contributed by atoms with E-state index in [1.54, 1.807) is 24.9 Å². The summed E-state index contributed by atoms with van der Waals surface area (Å²) in [6.45, 7) is 7.91. The first-order chi connectivity index (χ1) is 10.7. The monoisotopic (exact) mass is 316 g/mol. The molecule has 5 heteroatoms. The molecule has 1 unspecified atom stereocenters. The Labute approximate surface area is 136 Å². The van der Waals surface area contributed by atoms with E-state index in [1.807, 2.05) is 30.5 Å². The Morgan fingerprint density at radius 3 is 2.43 bits per heavy atom. The summed E-state index contributed by atoms with van der Waals surface area (Å²) in [5.41, 5.74) is 0.581. The average molecular weight is 316 g/mol. The molecule has 0 saturated heterocycles. The number of carboxylic acids is 1. The molecule has 0 amide bonds. The van der Waals surface area contributed by atoms with Crippen molar-refractivity contribution in [3.05, 3.63) is 47.8 Å². The largest absolute Gasteiger partial charge is 0.496 e. The number of carbonyl (C=O) groups is 1. The van der Waals surface area contributed by atoms with E-state index in [2.05, 4.69) is 25.9 Å². The van der Waals surface area contributed by atoms with E-state index < -0.39 is 11.5 Å². The lowest BCUT2D eigenvalue weighted by Crippen LogP contribution is -2.41. The van der Waals surface area contributed by atoms with Gasteiger partial charge in [0, 0.05) is 12.6 Å².